The molecule has 0 spiro atoms. The van der Waals surface area contributed by atoms with Crippen LogP contribution in [-0.4, -0.2) is 0 Å². The molecule has 0 bridgehead atoms. The van der Waals surface area contributed by atoms with Gasteiger partial charge < -0.3 is 5.32 Å². The second-order valence-electron chi connectivity index (χ2n) is 4.48. The van der Waals surface area contributed by atoms with Crippen molar-refractivity contribution in [2.75, 3.05) is 0 Å². The molecule has 0 heterocycles. The Bertz CT molecular complexity index is 617. The third-order valence-corrected chi connectivity index (χ3v) is 3.68. The molecule has 0 aliphatic heterocycles. The molecule has 0 aliphatic rings. The van der Waals surface area contributed by atoms with E-state index in [1.54, 1.807) is 18.2 Å². The summed E-state index contributed by atoms with van der Waals surface area (Å²) in [4.78, 5) is 0. The van der Waals surface area contributed by atoms with Crippen molar-refractivity contribution in [3.63, 3.8) is 0 Å². The van der Waals surface area contributed by atoms with Crippen molar-refractivity contribution in [1.82, 2.24) is 5.32 Å². The standard InChI is InChI=1S/C15H13Cl2F2N/c1-9(11-6-15(19)13(17)7-12(11)16)20-8-10-4-2-3-5-14(10)18/h2-7,9,20H,8H2,1H3. The topological polar surface area (TPSA) is 12.0 Å². The van der Waals surface area contributed by atoms with Gasteiger partial charge in [0, 0.05) is 23.2 Å². The highest BCUT2D eigenvalue weighted by molar-refractivity contribution is 6.35. The highest BCUT2D eigenvalue weighted by atomic mass is 35.5. The molecule has 2 rings (SSSR count). The van der Waals surface area contributed by atoms with Gasteiger partial charge in [0.1, 0.15) is 11.6 Å². The van der Waals surface area contributed by atoms with Gasteiger partial charge in [0.25, 0.3) is 0 Å². The van der Waals surface area contributed by atoms with E-state index in [1.807, 2.05) is 6.92 Å². The molecule has 20 heavy (non-hydrogen) atoms. The lowest BCUT2D eigenvalue weighted by Gasteiger charge is -2.16. The van der Waals surface area contributed by atoms with Gasteiger partial charge in [-0.3, -0.25) is 0 Å². The van der Waals surface area contributed by atoms with E-state index in [0.29, 0.717) is 22.7 Å². The van der Waals surface area contributed by atoms with Crippen molar-refractivity contribution in [2.24, 2.45) is 0 Å². The Morgan fingerprint density at radius 2 is 1.75 bits per heavy atom. The van der Waals surface area contributed by atoms with Gasteiger partial charge in [-0.2, -0.15) is 0 Å². The van der Waals surface area contributed by atoms with Gasteiger partial charge >= 0.3 is 0 Å². The quantitative estimate of drug-likeness (QED) is 0.772. The molecule has 106 valence electrons. The summed E-state index contributed by atoms with van der Waals surface area (Å²) in [6.45, 7) is 2.16. The van der Waals surface area contributed by atoms with Crippen molar-refractivity contribution in [2.45, 2.75) is 19.5 Å². The van der Waals surface area contributed by atoms with E-state index in [4.69, 9.17) is 23.2 Å². The van der Waals surface area contributed by atoms with E-state index >= 15 is 0 Å². The lowest BCUT2D eigenvalue weighted by molar-refractivity contribution is 0.540. The maximum Gasteiger partial charge on any atom is 0.142 e. The molecule has 0 saturated heterocycles. The van der Waals surface area contributed by atoms with Crippen molar-refractivity contribution >= 4 is 23.2 Å². The molecule has 0 amide bonds. The predicted octanol–water partition coefficient (Wildman–Crippen LogP) is 5.12. The zero-order valence-corrected chi connectivity index (χ0v) is 12.3. The number of halogens is 4. The Hall–Kier alpha value is -1.16. The number of benzene rings is 2. The smallest absolute Gasteiger partial charge is 0.142 e. The van der Waals surface area contributed by atoms with Gasteiger partial charge in [-0.15, -0.1) is 0 Å². The SMILES string of the molecule is CC(NCc1ccccc1F)c1cc(F)c(Cl)cc1Cl. The molecular formula is C15H13Cl2F2N. The molecule has 1 N–H and O–H groups in total. The fraction of sp³-hybridized carbons (Fsp3) is 0.200. The molecule has 1 nitrogen and oxygen atoms in total. The van der Waals surface area contributed by atoms with Crippen LogP contribution in [0.3, 0.4) is 0 Å². The Balaban J connectivity index is 2.11. The zero-order chi connectivity index (χ0) is 14.7. The van der Waals surface area contributed by atoms with Crippen LogP contribution >= 0.6 is 23.2 Å². The molecule has 0 saturated carbocycles. The van der Waals surface area contributed by atoms with E-state index in [1.165, 1.54) is 18.2 Å². The van der Waals surface area contributed by atoms with E-state index < -0.39 is 5.82 Å². The third kappa shape index (κ3) is 3.48. The van der Waals surface area contributed by atoms with Crippen molar-refractivity contribution in [3.05, 3.63) is 69.2 Å². The Kier molecular flexibility index (Phi) is 4.97. The fourth-order valence-electron chi connectivity index (χ4n) is 1.88. The molecule has 0 fully saturated rings. The van der Waals surface area contributed by atoms with E-state index in [9.17, 15) is 8.78 Å². The van der Waals surface area contributed by atoms with E-state index in [2.05, 4.69) is 5.32 Å². The molecule has 0 radical (unpaired) electrons. The van der Waals surface area contributed by atoms with Gasteiger partial charge in [-0.05, 0) is 30.7 Å². The first kappa shape index (κ1) is 15.2. The van der Waals surface area contributed by atoms with Crippen LogP contribution < -0.4 is 5.32 Å². The summed E-state index contributed by atoms with van der Waals surface area (Å²) in [6.07, 6.45) is 0. The molecule has 2 aromatic carbocycles. The highest BCUT2D eigenvalue weighted by Gasteiger charge is 2.13. The van der Waals surface area contributed by atoms with Gasteiger partial charge in [0.15, 0.2) is 0 Å². The lowest BCUT2D eigenvalue weighted by Crippen LogP contribution is -2.19. The second kappa shape index (κ2) is 6.53. The average molecular weight is 316 g/mol. The van der Waals surface area contributed by atoms with Gasteiger partial charge in [-0.1, -0.05) is 41.4 Å². The van der Waals surface area contributed by atoms with Crippen LogP contribution in [0.2, 0.25) is 10.0 Å². The summed E-state index contributed by atoms with van der Waals surface area (Å²) in [5.41, 5.74) is 1.13. The van der Waals surface area contributed by atoms with E-state index in [-0.39, 0.29) is 16.9 Å². The van der Waals surface area contributed by atoms with Crippen molar-refractivity contribution in [1.29, 1.82) is 0 Å². The minimum absolute atomic E-state index is 0.0138. The molecule has 1 atom stereocenters. The van der Waals surface area contributed by atoms with Gasteiger partial charge in [0.05, 0.1) is 5.02 Å². The van der Waals surface area contributed by atoms with Crippen molar-refractivity contribution in [3.8, 4) is 0 Å². The first-order valence-electron chi connectivity index (χ1n) is 6.10. The number of hydrogen-bond acceptors (Lipinski definition) is 1. The third-order valence-electron chi connectivity index (χ3n) is 3.06. The van der Waals surface area contributed by atoms with Crippen LogP contribution in [-0.2, 0) is 6.54 Å². The van der Waals surface area contributed by atoms with Crippen LogP contribution in [0.4, 0.5) is 8.78 Å². The molecule has 2 aromatic rings. The zero-order valence-electron chi connectivity index (χ0n) is 10.8. The molecule has 1 unspecified atom stereocenters. The number of hydrogen-bond donors (Lipinski definition) is 1. The van der Waals surface area contributed by atoms with E-state index in [0.717, 1.165) is 0 Å². The minimum atomic E-state index is -0.523. The van der Waals surface area contributed by atoms with Crippen LogP contribution in [0.5, 0.6) is 0 Å². The average Bonchev–Trinajstić information content (AvgIpc) is 2.41. The molecule has 0 aromatic heterocycles. The number of nitrogens with one attached hydrogen (secondary N) is 1. The summed E-state index contributed by atoms with van der Waals surface area (Å²) < 4.78 is 27.0. The second-order valence-corrected chi connectivity index (χ2v) is 5.30. The molecule has 0 aliphatic carbocycles. The highest BCUT2D eigenvalue weighted by Crippen LogP contribution is 2.28. The van der Waals surface area contributed by atoms with Gasteiger partial charge in [0.2, 0.25) is 0 Å². The largest absolute Gasteiger partial charge is 0.306 e. The summed E-state index contributed by atoms with van der Waals surface area (Å²) in [7, 11) is 0. The summed E-state index contributed by atoms with van der Waals surface area (Å²) in [6, 6.07) is 8.93. The van der Waals surface area contributed by atoms with Crippen molar-refractivity contribution < 1.29 is 8.78 Å². The summed E-state index contributed by atoms with van der Waals surface area (Å²) in [5, 5.41) is 3.48. The summed E-state index contributed by atoms with van der Waals surface area (Å²) in [5.74, 6) is -0.800. The van der Waals surface area contributed by atoms with Gasteiger partial charge in [-0.25, -0.2) is 8.78 Å². The lowest BCUT2D eigenvalue weighted by atomic mass is 10.1. The monoisotopic (exact) mass is 315 g/mol. The van der Waals surface area contributed by atoms with Crippen LogP contribution in [0.1, 0.15) is 24.1 Å². The number of rotatable bonds is 4. The minimum Gasteiger partial charge on any atom is -0.306 e. The first-order valence-corrected chi connectivity index (χ1v) is 6.86. The Morgan fingerprint density at radius 1 is 1.05 bits per heavy atom. The Labute approximate surface area is 126 Å². The normalized spacial score (nSPS) is 12.4. The van der Waals surface area contributed by atoms with Crippen LogP contribution in [0, 0.1) is 11.6 Å². The maximum absolute atomic E-state index is 13.5. The molecule has 5 heteroatoms. The van der Waals surface area contributed by atoms with Crippen LogP contribution in [0.15, 0.2) is 36.4 Å². The fourth-order valence-corrected chi connectivity index (χ4v) is 2.43. The maximum atomic E-state index is 13.5. The summed E-state index contributed by atoms with van der Waals surface area (Å²) >= 11 is 11.7. The first-order chi connectivity index (χ1) is 9.49. The Morgan fingerprint density at radius 3 is 2.45 bits per heavy atom. The predicted molar refractivity (Wildman–Crippen MR) is 78.1 cm³/mol. The molecular weight excluding hydrogens is 303 g/mol. The van der Waals surface area contributed by atoms with Crippen LogP contribution in [0.25, 0.3) is 0 Å².